The van der Waals surface area contributed by atoms with Crippen molar-refractivity contribution in [1.29, 1.82) is 0 Å². The number of methoxy groups -OCH3 is 1. The largest absolute Gasteiger partial charge is 0.453 e. The number of nitrogens with one attached hydrogen (secondary N) is 1. The smallest absolute Gasteiger partial charge is 0.409 e. The van der Waals surface area contributed by atoms with Crippen molar-refractivity contribution in [2.45, 2.75) is 38.0 Å². The molecule has 2 fully saturated rings. The van der Waals surface area contributed by atoms with Gasteiger partial charge in [-0.25, -0.2) is 4.79 Å². The van der Waals surface area contributed by atoms with Gasteiger partial charge in [-0.2, -0.15) is 0 Å². The first kappa shape index (κ1) is 18.4. The summed E-state index contributed by atoms with van der Waals surface area (Å²) in [6, 6.07) is 7.55. The van der Waals surface area contributed by atoms with Crippen molar-refractivity contribution >= 4 is 17.8 Å². The summed E-state index contributed by atoms with van der Waals surface area (Å²) in [6.45, 7) is 1.99. The van der Waals surface area contributed by atoms with E-state index in [-0.39, 0.29) is 24.2 Å². The van der Waals surface area contributed by atoms with Gasteiger partial charge in [0, 0.05) is 25.2 Å². The number of hydrogen-bond donors (Lipinski definition) is 1. The van der Waals surface area contributed by atoms with Gasteiger partial charge < -0.3 is 15.0 Å². The lowest BCUT2D eigenvalue weighted by Crippen LogP contribution is -2.37. The molecule has 0 atom stereocenters. The van der Waals surface area contributed by atoms with Crippen molar-refractivity contribution in [3.8, 4) is 0 Å². The van der Waals surface area contributed by atoms with Gasteiger partial charge in [-0.1, -0.05) is 18.2 Å². The molecule has 1 saturated carbocycles. The highest BCUT2D eigenvalue weighted by Gasteiger charge is 2.25. The van der Waals surface area contributed by atoms with E-state index in [1.54, 1.807) is 11.0 Å². The lowest BCUT2D eigenvalue weighted by molar-refractivity contribution is -0.120. The van der Waals surface area contributed by atoms with E-state index in [2.05, 4.69) is 5.32 Å². The van der Waals surface area contributed by atoms with Gasteiger partial charge in [-0.15, -0.1) is 0 Å². The number of nitrogens with zero attached hydrogens (tertiary/aromatic N) is 1. The van der Waals surface area contributed by atoms with Crippen LogP contribution in [-0.2, 0) is 9.53 Å². The molecule has 1 N–H and O–H groups in total. The van der Waals surface area contributed by atoms with Crippen LogP contribution in [0.5, 0.6) is 0 Å². The lowest BCUT2D eigenvalue weighted by Gasteiger charge is -2.31. The minimum Gasteiger partial charge on any atom is -0.453 e. The predicted octanol–water partition coefficient (Wildman–Crippen LogP) is 2.73. The number of rotatable bonds is 6. The molecule has 1 aliphatic carbocycles. The molecule has 26 heavy (non-hydrogen) atoms. The summed E-state index contributed by atoms with van der Waals surface area (Å²) in [4.78, 5) is 37.6. The molecule has 1 heterocycles. The number of carbonyl (C=O) groups is 3. The normalized spacial score (nSPS) is 17.7. The fourth-order valence-electron chi connectivity index (χ4n) is 3.38. The number of Topliss-reactive ketones (excluding diaryl/α,β-unsaturated/α-hetero) is 1. The van der Waals surface area contributed by atoms with E-state index in [1.165, 1.54) is 20.0 Å². The highest BCUT2D eigenvalue weighted by Crippen LogP contribution is 2.29. The van der Waals surface area contributed by atoms with Crippen LogP contribution in [0.3, 0.4) is 0 Å². The summed E-state index contributed by atoms with van der Waals surface area (Å²) in [6.07, 6.45) is 3.64. The maximum Gasteiger partial charge on any atom is 0.409 e. The number of likely N-dealkylation sites (tertiary alicyclic amines) is 1. The number of benzene rings is 1. The molecule has 0 aromatic heterocycles. The number of ether oxygens (including phenoxy) is 1. The summed E-state index contributed by atoms with van der Waals surface area (Å²) in [7, 11) is 1.39. The molecule has 1 aliphatic heterocycles. The highest BCUT2D eigenvalue weighted by molar-refractivity contribution is 6.07. The monoisotopic (exact) mass is 358 g/mol. The molecule has 0 unspecified atom stereocenters. The first-order valence-electron chi connectivity index (χ1n) is 9.29. The third-order valence-electron chi connectivity index (χ3n) is 5.21. The molecule has 1 aromatic carbocycles. The molecular formula is C20H26N2O4. The van der Waals surface area contributed by atoms with Crippen molar-refractivity contribution in [3.05, 3.63) is 35.4 Å². The van der Waals surface area contributed by atoms with E-state index in [4.69, 9.17) is 4.74 Å². The average Bonchev–Trinajstić information content (AvgIpc) is 3.50. The third kappa shape index (κ3) is 4.84. The van der Waals surface area contributed by atoms with Crippen LogP contribution in [-0.4, -0.2) is 49.4 Å². The molecule has 140 valence electrons. The van der Waals surface area contributed by atoms with Gasteiger partial charge in [0.25, 0.3) is 0 Å². The Bertz CT molecular complexity index is 676. The number of amides is 2. The van der Waals surface area contributed by atoms with Crippen molar-refractivity contribution in [3.63, 3.8) is 0 Å². The molecule has 2 amide bonds. The molecule has 0 bridgehead atoms. The van der Waals surface area contributed by atoms with E-state index in [0.29, 0.717) is 37.0 Å². The summed E-state index contributed by atoms with van der Waals surface area (Å²) < 4.78 is 4.76. The molecule has 1 aromatic rings. The standard InChI is InChI=1S/C20H26N2O4/c1-26-20(25)22-9-7-15(8-10-22)16-3-2-4-17(11-16)18(23)12-19(24)21-13-14-5-6-14/h2-4,11,14-15H,5-10,12-13H2,1H3,(H,21,24). The van der Waals surface area contributed by atoms with Crippen LogP contribution in [0.15, 0.2) is 24.3 Å². The Morgan fingerprint density at radius 1 is 1.15 bits per heavy atom. The minimum atomic E-state index is -0.287. The van der Waals surface area contributed by atoms with Crippen molar-refractivity contribution in [2.75, 3.05) is 26.7 Å². The van der Waals surface area contributed by atoms with Crippen LogP contribution < -0.4 is 5.32 Å². The maximum atomic E-state index is 12.4. The quantitative estimate of drug-likeness (QED) is 0.627. The fourth-order valence-corrected chi connectivity index (χ4v) is 3.38. The first-order chi connectivity index (χ1) is 12.6. The lowest BCUT2D eigenvalue weighted by atomic mass is 9.88. The molecule has 0 spiro atoms. The second kappa shape index (κ2) is 8.34. The molecule has 2 aliphatic rings. The van der Waals surface area contributed by atoms with Crippen LogP contribution in [0.1, 0.15) is 53.9 Å². The molecule has 6 heteroatoms. The molecule has 3 rings (SSSR count). The Kier molecular flexibility index (Phi) is 5.91. The van der Waals surface area contributed by atoms with Crippen LogP contribution in [0, 0.1) is 5.92 Å². The predicted molar refractivity (Wildman–Crippen MR) is 97.1 cm³/mol. The van der Waals surface area contributed by atoms with Crippen LogP contribution in [0.4, 0.5) is 4.79 Å². The van der Waals surface area contributed by atoms with Gasteiger partial charge in [0.05, 0.1) is 13.5 Å². The maximum absolute atomic E-state index is 12.4. The van der Waals surface area contributed by atoms with Crippen molar-refractivity contribution in [1.82, 2.24) is 10.2 Å². The van der Waals surface area contributed by atoms with Crippen molar-refractivity contribution in [2.24, 2.45) is 5.92 Å². The number of carbonyl (C=O) groups excluding carboxylic acids is 3. The average molecular weight is 358 g/mol. The topological polar surface area (TPSA) is 75.7 Å². The number of ketones is 1. The second-order valence-electron chi connectivity index (χ2n) is 7.20. The van der Waals surface area contributed by atoms with E-state index in [1.807, 2.05) is 18.2 Å². The number of piperidine rings is 1. The zero-order valence-corrected chi connectivity index (χ0v) is 15.2. The van der Waals surface area contributed by atoms with E-state index in [9.17, 15) is 14.4 Å². The Balaban J connectivity index is 1.55. The van der Waals surface area contributed by atoms with Crippen LogP contribution >= 0.6 is 0 Å². The first-order valence-corrected chi connectivity index (χ1v) is 9.29. The highest BCUT2D eigenvalue weighted by atomic mass is 16.5. The Hall–Kier alpha value is -2.37. The summed E-state index contributed by atoms with van der Waals surface area (Å²) in [5.41, 5.74) is 1.68. The van der Waals surface area contributed by atoms with Gasteiger partial charge in [0.15, 0.2) is 5.78 Å². The molecular weight excluding hydrogens is 332 g/mol. The van der Waals surface area contributed by atoms with Gasteiger partial charge in [-0.05, 0) is 49.1 Å². The number of hydrogen-bond acceptors (Lipinski definition) is 4. The fraction of sp³-hybridized carbons (Fsp3) is 0.550. The summed E-state index contributed by atoms with van der Waals surface area (Å²) >= 11 is 0. The molecule has 0 radical (unpaired) electrons. The Morgan fingerprint density at radius 3 is 2.54 bits per heavy atom. The van der Waals surface area contributed by atoms with Gasteiger partial charge in [0.2, 0.25) is 5.91 Å². The van der Waals surface area contributed by atoms with Crippen molar-refractivity contribution < 1.29 is 19.1 Å². The van der Waals surface area contributed by atoms with Crippen LogP contribution in [0.25, 0.3) is 0 Å². The minimum absolute atomic E-state index is 0.100. The van der Waals surface area contributed by atoms with E-state index < -0.39 is 0 Å². The zero-order valence-electron chi connectivity index (χ0n) is 15.2. The van der Waals surface area contributed by atoms with E-state index >= 15 is 0 Å². The SMILES string of the molecule is COC(=O)N1CCC(c2cccc(C(=O)CC(=O)NCC3CC3)c2)CC1. The Labute approximate surface area is 153 Å². The molecule has 1 saturated heterocycles. The molecule has 6 nitrogen and oxygen atoms in total. The van der Waals surface area contributed by atoms with E-state index in [0.717, 1.165) is 18.4 Å². The second-order valence-corrected chi connectivity index (χ2v) is 7.20. The van der Waals surface area contributed by atoms with Gasteiger partial charge in [0.1, 0.15) is 0 Å². The van der Waals surface area contributed by atoms with Gasteiger partial charge >= 0.3 is 6.09 Å². The third-order valence-corrected chi connectivity index (χ3v) is 5.21. The van der Waals surface area contributed by atoms with Crippen LogP contribution in [0.2, 0.25) is 0 Å². The summed E-state index contributed by atoms with van der Waals surface area (Å²) in [5.74, 6) is 0.575. The van der Waals surface area contributed by atoms with Gasteiger partial charge in [-0.3, -0.25) is 9.59 Å². The summed E-state index contributed by atoms with van der Waals surface area (Å²) in [5, 5.41) is 2.84. The zero-order chi connectivity index (χ0) is 18.5. The Morgan fingerprint density at radius 2 is 1.88 bits per heavy atom.